The van der Waals surface area contributed by atoms with Crippen LogP contribution in [0.2, 0.25) is 0 Å². The quantitative estimate of drug-likeness (QED) is 0.879. The molecular formula is C11H15F3N6. The number of alkyl halides is 3. The Morgan fingerprint density at radius 2 is 2.15 bits per heavy atom. The summed E-state index contributed by atoms with van der Waals surface area (Å²) in [5.41, 5.74) is 0. The Labute approximate surface area is 114 Å². The third-order valence-corrected chi connectivity index (χ3v) is 3.32. The zero-order chi connectivity index (χ0) is 14.8. The summed E-state index contributed by atoms with van der Waals surface area (Å²) in [5.74, 6) is -0.612. The summed E-state index contributed by atoms with van der Waals surface area (Å²) in [6.45, 7) is 1.67. The van der Waals surface area contributed by atoms with Crippen molar-refractivity contribution in [3.8, 4) is 6.07 Å². The predicted octanol–water partition coefficient (Wildman–Crippen LogP) is 0.614. The fourth-order valence-electron chi connectivity index (χ4n) is 2.19. The van der Waals surface area contributed by atoms with Crippen LogP contribution < -0.4 is 5.32 Å². The lowest BCUT2D eigenvalue weighted by Crippen LogP contribution is -2.38. The van der Waals surface area contributed by atoms with Crippen molar-refractivity contribution in [1.82, 2.24) is 25.0 Å². The first-order chi connectivity index (χ1) is 9.45. The summed E-state index contributed by atoms with van der Waals surface area (Å²) < 4.78 is 39.1. The molecule has 1 atom stereocenters. The van der Waals surface area contributed by atoms with E-state index in [1.165, 1.54) is 0 Å². The van der Waals surface area contributed by atoms with Gasteiger partial charge in [-0.2, -0.15) is 18.4 Å². The third kappa shape index (κ3) is 3.08. The Hall–Kier alpha value is -1.66. The highest BCUT2D eigenvalue weighted by Gasteiger charge is 2.39. The minimum Gasteiger partial charge on any atom is -0.305 e. The van der Waals surface area contributed by atoms with Crippen molar-refractivity contribution in [3.05, 3.63) is 11.6 Å². The molecule has 20 heavy (non-hydrogen) atoms. The van der Waals surface area contributed by atoms with Gasteiger partial charge < -0.3 is 9.88 Å². The Balaban J connectivity index is 1.99. The van der Waals surface area contributed by atoms with Crippen LogP contribution in [0.1, 0.15) is 18.1 Å². The molecule has 2 rings (SSSR count). The summed E-state index contributed by atoms with van der Waals surface area (Å²) in [5, 5.41) is 18.5. The first-order valence-corrected chi connectivity index (χ1v) is 6.24. The number of hydrogen-bond donors (Lipinski definition) is 1. The van der Waals surface area contributed by atoms with E-state index in [9.17, 15) is 13.2 Å². The van der Waals surface area contributed by atoms with Gasteiger partial charge in [-0.25, -0.2) is 0 Å². The molecule has 110 valence electrons. The molecule has 1 unspecified atom stereocenters. The van der Waals surface area contributed by atoms with Crippen molar-refractivity contribution < 1.29 is 13.2 Å². The topological polar surface area (TPSA) is 69.8 Å². The van der Waals surface area contributed by atoms with Crippen molar-refractivity contribution in [2.75, 3.05) is 20.1 Å². The van der Waals surface area contributed by atoms with Crippen LogP contribution in [-0.2, 0) is 19.3 Å². The second kappa shape index (κ2) is 5.76. The van der Waals surface area contributed by atoms with E-state index in [1.807, 2.05) is 4.90 Å². The summed E-state index contributed by atoms with van der Waals surface area (Å²) in [7, 11) is 1.70. The van der Waals surface area contributed by atoms with E-state index in [0.717, 1.165) is 4.57 Å². The minimum atomic E-state index is -4.47. The van der Waals surface area contributed by atoms with Crippen LogP contribution in [0.25, 0.3) is 0 Å². The normalized spacial score (nSPS) is 17.6. The maximum Gasteiger partial charge on any atom is 0.451 e. The van der Waals surface area contributed by atoms with Crippen molar-refractivity contribution >= 4 is 0 Å². The zero-order valence-corrected chi connectivity index (χ0v) is 11.0. The van der Waals surface area contributed by atoms with Crippen molar-refractivity contribution in [3.63, 3.8) is 0 Å². The maximum atomic E-state index is 12.7. The van der Waals surface area contributed by atoms with E-state index in [2.05, 4.69) is 21.6 Å². The molecule has 0 spiro atoms. The minimum absolute atomic E-state index is 0.216. The van der Waals surface area contributed by atoms with Gasteiger partial charge >= 0.3 is 6.18 Å². The van der Waals surface area contributed by atoms with Gasteiger partial charge in [-0.15, -0.1) is 10.2 Å². The van der Waals surface area contributed by atoms with Gasteiger partial charge in [0.1, 0.15) is 5.82 Å². The van der Waals surface area contributed by atoms with Crippen LogP contribution >= 0.6 is 0 Å². The Morgan fingerprint density at radius 3 is 2.75 bits per heavy atom. The van der Waals surface area contributed by atoms with Crippen LogP contribution in [-0.4, -0.2) is 45.8 Å². The van der Waals surface area contributed by atoms with Gasteiger partial charge in [0, 0.05) is 19.6 Å². The molecule has 1 N–H and O–H groups in total. The fraction of sp³-hybridized carbons (Fsp3) is 0.727. The largest absolute Gasteiger partial charge is 0.451 e. The number of halogens is 3. The highest BCUT2D eigenvalue weighted by Crippen LogP contribution is 2.29. The average Bonchev–Trinajstić information content (AvgIpc) is 2.82. The molecule has 6 nitrogen and oxygen atoms in total. The smallest absolute Gasteiger partial charge is 0.305 e. The van der Waals surface area contributed by atoms with Crippen LogP contribution in [0.15, 0.2) is 0 Å². The predicted molar refractivity (Wildman–Crippen MR) is 63.4 cm³/mol. The van der Waals surface area contributed by atoms with Crippen LogP contribution in [0, 0.1) is 11.3 Å². The maximum absolute atomic E-state index is 12.7. The number of rotatable bonds is 4. The summed E-state index contributed by atoms with van der Waals surface area (Å²) in [4.78, 5) is 1.98. The van der Waals surface area contributed by atoms with E-state index >= 15 is 0 Å². The Kier molecular flexibility index (Phi) is 4.25. The number of hydrogen-bond acceptors (Lipinski definition) is 5. The third-order valence-electron chi connectivity index (χ3n) is 3.32. The lowest BCUT2D eigenvalue weighted by atomic mass is 10.2. The SMILES string of the molecule is CNC(C#N)CCN1CCn2c(nnc2C(F)(F)F)C1. The molecule has 0 aliphatic carbocycles. The zero-order valence-electron chi connectivity index (χ0n) is 11.0. The summed E-state index contributed by atoms with van der Waals surface area (Å²) >= 11 is 0. The van der Waals surface area contributed by atoms with E-state index in [4.69, 9.17) is 5.26 Å². The molecule has 1 aliphatic heterocycles. The van der Waals surface area contributed by atoms with Crippen LogP contribution in [0.4, 0.5) is 13.2 Å². The number of nitriles is 1. The molecule has 1 aromatic rings. The molecule has 0 saturated carbocycles. The standard InChI is InChI=1S/C11H15F3N6/c1-16-8(6-15)2-3-19-4-5-20-9(7-19)17-18-10(20)11(12,13)14/h8,16H,2-5,7H2,1H3. The number of aromatic nitrogens is 3. The number of fused-ring (bicyclic) bond motifs is 1. The molecule has 9 heteroatoms. The highest BCUT2D eigenvalue weighted by atomic mass is 19.4. The molecule has 1 aromatic heterocycles. The van der Waals surface area contributed by atoms with E-state index in [1.54, 1.807) is 7.05 Å². The fourth-order valence-corrected chi connectivity index (χ4v) is 2.19. The highest BCUT2D eigenvalue weighted by molar-refractivity contribution is 5.02. The van der Waals surface area contributed by atoms with Gasteiger partial charge in [0.25, 0.3) is 0 Å². The number of nitrogens with zero attached hydrogens (tertiary/aromatic N) is 5. The van der Waals surface area contributed by atoms with Gasteiger partial charge in [-0.1, -0.05) is 0 Å². The van der Waals surface area contributed by atoms with Gasteiger partial charge in [0.2, 0.25) is 5.82 Å². The number of nitrogens with one attached hydrogen (secondary N) is 1. The van der Waals surface area contributed by atoms with Gasteiger partial charge in [-0.05, 0) is 13.5 Å². The van der Waals surface area contributed by atoms with Gasteiger partial charge in [0.15, 0.2) is 0 Å². The van der Waals surface area contributed by atoms with Crippen molar-refractivity contribution in [2.24, 2.45) is 0 Å². The Morgan fingerprint density at radius 1 is 1.40 bits per heavy atom. The molecule has 0 fully saturated rings. The Bertz CT molecular complexity index is 503. The first-order valence-electron chi connectivity index (χ1n) is 6.24. The first kappa shape index (κ1) is 14.7. The molecule has 0 bridgehead atoms. The lowest BCUT2D eigenvalue weighted by molar-refractivity contribution is -0.148. The molecule has 0 saturated heterocycles. The monoisotopic (exact) mass is 288 g/mol. The van der Waals surface area contributed by atoms with Crippen LogP contribution in [0.5, 0.6) is 0 Å². The second-order valence-electron chi connectivity index (χ2n) is 4.62. The molecule has 0 radical (unpaired) electrons. The molecule has 0 aromatic carbocycles. The van der Waals surface area contributed by atoms with Crippen molar-refractivity contribution in [2.45, 2.75) is 31.7 Å². The van der Waals surface area contributed by atoms with Gasteiger partial charge in [0.05, 0.1) is 18.7 Å². The molecular weight excluding hydrogens is 273 g/mol. The lowest BCUT2D eigenvalue weighted by Gasteiger charge is -2.28. The summed E-state index contributed by atoms with van der Waals surface area (Å²) in [6, 6.07) is 1.87. The van der Waals surface area contributed by atoms with E-state index in [-0.39, 0.29) is 12.6 Å². The molecule has 0 amide bonds. The summed E-state index contributed by atoms with van der Waals surface area (Å²) in [6.07, 6.45) is -3.85. The van der Waals surface area contributed by atoms with Gasteiger partial charge in [-0.3, -0.25) is 4.90 Å². The van der Waals surface area contributed by atoms with E-state index in [0.29, 0.717) is 31.9 Å². The van der Waals surface area contributed by atoms with Crippen molar-refractivity contribution in [1.29, 1.82) is 5.26 Å². The van der Waals surface area contributed by atoms with E-state index < -0.39 is 12.0 Å². The van der Waals surface area contributed by atoms with Crippen LogP contribution in [0.3, 0.4) is 0 Å². The average molecular weight is 288 g/mol. The molecule has 2 heterocycles. The second-order valence-corrected chi connectivity index (χ2v) is 4.62. The molecule has 1 aliphatic rings.